The number of ether oxygens (including phenoxy) is 1. The fraction of sp³-hybridized carbons (Fsp3) is 0.136. The molecule has 1 aliphatic rings. The van der Waals surface area contributed by atoms with Gasteiger partial charge >= 0.3 is 0 Å². The number of nitrogens with zero attached hydrogens (tertiary/aromatic N) is 2. The van der Waals surface area contributed by atoms with E-state index in [1.54, 1.807) is 24.3 Å². The molecular formula is C22H19FN2O. The van der Waals surface area contributed by atoms with Crippen molar-refractivity contribution < 1.29 is 9.13 Å². The molecule has 0 radical (unpaired) electrons. The predicted octanol–water partition coefficient (Wildman–Crippen LogP) is 5.19. The van der Waals surface area contributed by atoms with Crippen LogP contribution in [0.25, 0.3) is 0 Å². The molecule has 26 heavy (non-hydrogen) atoms. The molecule has 130 valence electrons. The zero-order chi connectivity index (χ0) is 17.9. The van der Waals surface area contributed by atoms with Crippen LogP contribution in [-0.4, -0.2) is 12.8 Å². The number of halogens is 1. The van der Waals surface area contributed by atoms with Crippen LogP contribution in [0.1, 0.15) is 23.6 Å². The molecule has 0 spiro atoms. The lowest BCUT2D eigenvalue weighted by Gasteiger charge is -2.24. The number of hydrogen-bond donors (Lipinski definition) is 0. The number of hydrogen-bond acceptors (Lipinski definition) is 3. The minimum Gasteiger partial charge on any atom is -0.497 e. The average Bonchev–Trinajstić information content (AvgIpc) is 3.14. The number of methoxy groups -OCH3 is 1. The number of benzene rings is 3. The van der Waals surface area contributed by atoms with Crippen molar-refractivity contribution >= 4 is 11.4 Å². The molecule has 0 saturated heterocycles. The number of rotatable bonds is 4. The smallest absolute Gasteiger partial charge is 0.148 e. The monoisotopic (exact) mass is 346 g/mol. The first kappa shape index (κ1) is 16.3. The van der Waals surface area contributed by atoms with Gasteiger partial charge in [-0.25, -0.2) is 4.39 Å². The van der Waals surface area contributed by atoms with E-state index in [9.17, 15) is 4.39 Å². The minimum absolute atomic E-state index is 0.0620. The summed E-state index contributed by atoms with van der Waals surface area (Å²) in [6.07, 6.45) is 0.713. The quantitative estimate of drug-likeness (QED) is 0.649. The molecule has 0 N–H and O–H groups in total. The van der Waals surface area contributed by atoms with E-state index in [-0.39, 0.29) is 11.9 Å². The first-order valence-electron chi connectivity index (χ1n) is 8.57. The maximum Gasteiger partial charge on any atom is 0.148 e. The summed E-state index contributed by atoms with van der Waals surface area (Å²) in [5.74, 6) is 0.525. The van der Waals surface area contributed by atoms with Crippen molar-refractivity contribution in [3.63, 3.8) is 0 Å². The zero-order valence-corrected chi connectivity index (χ0v) is 14.5. The largest absolute Gasteiger partial charge is 0.497 e. The van der Waals surface area contributed by atoms with Crippen LogP contribution in [0.4, 0.5) is 10.1 Å². The van der Waals surface area contributed by atoms with Gasteiger partial charge in [0.05, 0.1) is 24.6 Å². The van der Waals surface area contributed by atoms with Gasteiger partial charge in [-0.2, -0.15) is 5.10 Å². The van der Waals surface area contributed by atoms with E-state index < -0.39 is 0 Å². The standard InChI is InChI=1S/C22H19FN2O/c1-26-18-13-11-17(12-14-18)22-15-20(16-7-3-2-4-8-16)24-25(22)21-10-6-5-9-19(21)23/h2-14,22H,15H2,1H3/t22-/m1/s1. The van der Waals surface area contributed by atoms with Gasteiger partial charge in [0.2, 0.25) is 0 Å². The molecule has 3 nitrogen and oxygen atoms in total. The summed E-state index contributed by atoms with van der Waals surface area (Å²) in [5.41, 5.74) is 3.57. The topological polar surface area (TPSA) is 24.8 Å². The highest BCUT2D eigenvalue weighted by molar-refractivity contribution is 6.03. The molecule has 3 aromatic carbocycles. The van der Waals surface area contributed by atoms with Gasteiger partial charge in [-0.1, -0.05) is 54.6 Å². The number of anilines is 1. The lowest BCUT2D eigenvalue weighted by atomic mass is 9.98. The Kier molecular flexibility index (Phi) is 4.40. The summed E-state index contributed by atoms with van der Waals surface area (Å²) in [6.45, 7) is 0. The molecule has 4 heteroatoms. The van der Waals surface area contributed by atoms with E-state index in [2.05, 4.69) is 0 Å². The average molecular weight is 346 g/mol. The number of hydrazone groups is 1. The fourth-order valence-corrected chi connectivity index (χ4v) is 3.26. The third kappa shape index (κ3) is 3.06. The lowest BCUT2D eigenvalue weighted by molar-refractivity contribution is 0.414. The highest BCUT2D eigenvalue weighted by atomic mass is 19.1. The van der Waals surface area contributed by atoms with E-state index in [0.717, 1.165) is 22.6 Å². The summed E-state index contributed by atoms with van der Waals surface area (Å²) in [6, 6.07) is 24.6. The van der Waals surface area contributed by atoms with Gasteiger partial charge in [-0.3, -0.25) is 5.01 Å². The number of para-hydroxylation sites is 1. The van der Waals surface area contributed by atoms with Gasteiger partial charge in [0.25, 0.3) is 0 Å². The van der Waals surface area contributed by atoms with E-state index in [0.29, 0.717) is 12.1 Å². The van der Waals surface area contributed by atoms with Crippen LogP contribution < -0.4 is 9.75 Å². The molecule has 0 amide bonds. The Morgan fingerprint density at radius 2 is 1.62 bits per heavy atom. The van der Waals surface area contributed by atoms with Gasteiger partial charge in [-0.05, 0) is 35.4 Å². The van der Waals surface area contributed by atoms with Crippen LogP contribution in [0.2, 0.25) is 0 Å². The van der Waals surface area contributed by atoms with E-state index >= 15 is 0 Å². The van der Waals surface area contributed by atoms with Crippen LogP contribution in [0.5, 0.6) is 5.75 Å². The van der Waals surface area contributed by atoms with E-state index in [4.69, 9.17) is 9.84 Å². The second-order valence-corrected chi connectivity index (χ2v) is 6.20. The minimum atomic E-state index is -0.274. The highest BCUT2D eigenvalue weighted by Gasteiger charge is 2.31. The molecule has 3 aromatic rings. The Hall–Kier alpha value is -3.14. The Bertz CT molecular complexity index is 922. The fourth-order valence-electron chi connectivity index (χ4n) is 3.26. The molecular weight excluding hydrogens is 327 g/mol. The third-order valence-corrected chi connectivity index (χ3v) is 4.62. The Labute approximate surface area is 152 Å². The Balaban J connectivity index is 1.75. The second kappa shape index (κ2) is 7.00. The van der Waals surface area contributed by atoms with E-state index in [1.807, 2.05) is 60.7 Å². The van der Waals surface area contributed by atoms with Crippen molar-refractivity contribution in [1.82, 2.24) is 0 Å². The molecule has 0 unspecified atom stereocenters. The molecule has 0 aromatic heterocycles. The van der Waals surface area contributed by atoms with Crippen molar-refractivity contribution in [2.75, 3.05) is 12.1 Å². The summed E-state index contributed by atoms with van der Waals surface area (Å²) in [5, 5.41) is 6.56. The summed E-state index contributed by atoms with van der Waals surface area (Å²) in [7, 11) is 1.65. The summed E-state index contributed by atoms with van der Waals surface area (Å²) >= 11 is 0. The zero-order valence-electron chi connectivity index (χ0n) is 14.5. The van der Waals surface area contributed by atoms with E-state index in [1.165, 1.54) is 6.07 Å². The molecule has 0 bridgehead atoms. The maximum atomic E-state index is 14.4. The normalized spacial score (nSPS) is 16.5. The Morgan fingerprint density at radius 1 is 0.923 bits per heavy atom. The Morgan fingerprint density at radius 3 is 2.31 bits per heavy atom. The maximum absolute atomic E-state index is 14.4. The van der Waals surface area contributed by atoms with Crippen molar-refractivity contribution in [3.8, 4) is 5.75 Å². The van der Waals surface area contributed by atoms with Crippen LogP contribution in [0.3, 0.4) is 0 Å². The molecule has 0 saturated carbocycles. The molecule has 1 heterocycles. The predicted molar refractivity (Wildman–Crippen MR) is 102 cm³/mol. The van der Waals surface area contributed by atoms with Gasteiger partial charge in [-0.15, -0.1) is 0 Å². The molecule has 0 fully saturated rings. The van der Waals surface area contributed by atoms with Gasteiger partial charge < -0.3 is 4.74 Å². The van der Waals surface area contributed by atoms with Crippen LogP contribution in [0, 0.1) is 5.82 Å². The van der Waals surface area contributed by atoms with Gasteiger partial charge in [0, 0.05) is 6.42 Å². The molecule has 1 aliphatic heterocycles. The van der Waals surface area contributed by atoms with Crippen molar-refractivity contribution in [2.45, 2.75) is 12.5 Å². The lowest BCUT2D eigenvalue weighted by Crippen LogP contribution is -2.19. The van der Waals surface area contributed by atoms with Crippen LogP contribution in [-0.2, 0) is 0 Å². The first-order chi connectivity index (χ1) is 12.8. The SMILES string of the molecule is COc1ccc([C@H]2CC(c3ccccc3)=NN2c2ccccc2F)cc1. The van der Waals surface area contributed by atoms with Crippen molar-refractivity contribution in [3.05, 3.63) is 95.8 Å². The van der Waals surface area contributed by atoms with Crippen LogP contribution >= 0.6 is 0 Å². The second-order valence-electron chi connectivity index (χ2n) is 6.20. The summed E-state index contributed by atoms with van der Waals surface area (Å²) < 4.78 is 19.7. The van der Waals surface area contributed by atoms with Gasteiger partial charge in [0.1, 0.15) is 11.6 Å². The van der Waals surface area contributed by atoms with Crippen molar-refractivity contribution in [1.29, 1.82) is 0 Å². The van der Waals surface area contributed by atoms with Gasteiger partial charge in [0.15, 0.2) is 0 Å². The third-order valence-electron chi connectivity index (χ3n) is 4.62. The highest BCUT2D eigenvalue weighted by Crippen LogP contribution is 2.38. The molecule has 0 aliphatic carbocycles. The van der Waals surface area contributed by atoms with Crippen LogP contribution in [0.15, 0.2) is 84.0 Å². The first-order valence-corrected chi connectivity index (χ1v) is 8.57. The molecule has 1 atom stereocenters. The molecule has 4 rings (SSSR count). The van der Waals surface area contributed by atoms with Crippen molar-refractivity contribution in [2.24, 2.45) is 5.10 Å². The summed E-state index contributed by atoms with van der Waals surface area (Å²) in [4.78, 5) is 0.